The van der Waals surface area contributed by atoms with Gasteiger partial charge in [-0.2, -0.15) is 18.4 Å². The van der Waals surface area contributed by atoms with Crippen LogP contribution in [0.2, 0.25) is 0 Å². The summed E-state index contributed by atoms with van der Waals surface area (Å²) in [5, 5.41) is 12.4. The van der Waals surface area contributed by atoms with Crippen molar-refractivity contribution in [3.05, 3.63) is 29.8 Å². The van der Waals surface area contributed by atoms with Gasteiger partial charge in [0.2, 0.25) is 5.91 Å². The number of halogens is 3. The SMILES string of the molecule is C#C[C@H]1CC[C@@H](C#N)N1C(=O)CN[C@H]1CC[C@H](Oc2cccc(C(F)(F)F)c2)CC1. The number of terminal acetylenes is 1. The molecule has 3 rings (SSSR count). The summed E-state index contributed by atoms with van der Waals surface area (Å²) in [5.74, 6) is 2.62. The summed E-state index contributed by atoms with van der Waals surface area (Å²) >= 11 is 0. The van der Waals surface area contributed by atoms with Gasteiger partial charge in [-0.05, 0) is 56.7 Å². The Hall–Kier alpha value is -2.71. The van der Waals surface area contributed by atoms with Crippen molar-refractivity contribution < 1.29 is 22.7 Å². The van der Waals surface area contributed by atoms with Crippen LogP contribution in [0.25, 0.3) is 0 Å². The third-order valence-electron chi connectivity index (χ3n) is 5.69. The highest BCUT2D eigenvalue weighted by Gasteiger charge is 2.36. The zero-order valence-electron chi connectivity index (χ0n) is 16.5. The Bertz CT molecular complexity index is 813. The fourth-order valence-electron chi connectivity index (χ4n) is 4.10. The number of carbonyl (C=O) groups excluding carboxylic acids is 1. The van der Waals surface area contributed by atoms with Crippen molar-refractivity contribution in [2.24, 2.45) is 0 Å². The molecule has 2 atom stereocenters. The van der Waals surface area contributed by atoms with Crippen molar-refractivity contribution in [1.29, 1.82) is 5.26 Å². The molecule has 1 amide bonds. The number of carbonyl (C=O) groups is 1. The van der Waals surface area contributed by atoms with E-state index in [0.29, 0.717) is 25.7 Å². The van der Waals surface area contributed by atoms with Gasteiger partial charge in [0.15, 0.2) is 0 Å². The molecule has 5 nitrogen and oxygen atoms in total. The van der Waals surface area contributed by atoms with E-state index in [1.807, 2.05) is 0 Å². The van der Waals surface area contributed by atoms with Crippen LogP contribution in [-0.2, 0) is 11.0 Å². The number of hydrogen-bond acceptors (Lipinski definition) is 4. The molecule has 160 valence electrons. The molecule has 1 saturated heterocycles. The molecule has 1 heterocycles. The van der Waals surface area contributed by atoms with E-state index in [1.165, 1.54) is 17.0 Å². The summed E-state index contributed by atoms with van der Waals surface area (Å²) in [7, 11) is 0. The Labute approximate surface area is 174 Å². The van der Waals surface area contributed by atoms with Crippen LogP contribution in [0.1, 0.15) is 44.1 Å². The highest BCUT2D eigenvalue weighted by Crippen LogP contribution is 2.32. The Kier molecular flexibility index (Phi) is 6.89. The maximum absolute atomic E-state index is 12.8. The average Bonchev–Trinajstić information content (AvgIpc) is 3.16. The fourth-order valence-corrected chi connectivity index (χ4v) is 4.10. The maximum atomic E-state index is 12.8. The van der Waals surface area contributed by atoms with E-state index in [-0.39, 0.29) is 36.4 Å². The van der Waals surface area contributed by atoms with Crippen molar-refractivity contribution in [1.82, 2.24) is 10.2 Å². The van der Waals surface area contributed by atoms with Gasteiger partial charge >= 0.3 is 6.18 Å². The van der Waals surface area contributed by atoms with E-state index in [9.17, 15) is 23.2 Å². The van der Waals surface area contributed by atoms with Crippen LogP contribution in [0.5, 0.6) is 5.75 Å². The summed E-state index contributed by atoms with van der Waals surface area (Å²) in [4.78, 5) is 14.0. The molecule has 1 aliphatic carbocycles. The second kappa shape index (κ2) is 9.40. The van der Waals surface area contributed by atoms with E-state index in [4.69, 9.17) is 11.2 Å². The molecule has 30 heavy (non-hydrogen) atoms. The molecule has 0 radical (unpaired) electrons. The lowest BCUT2D eigenvalue weighted by Gasteiger charge is -2.31. The molecule has 2 aliphatic rings. The topological polar surface area (TPSA) is 65.4 Å². The van der Waals surface area contributed by atoms with Crippen molar-refractivity contribution in [2.45, 2.75) is 68.9 Å². The molecule has 0 aromatic heterocycles. The molecular weight excluding hydrogens is 395 g/mol. The third kappa shape index (κ3) is 5.25. The lowest BCUT2D eigenvalue weighted by Crippen LogP contribution is -2.47. The van der Waals surface area contributed by atoms with E-state index in [0.717, 1.165) is 25.0 Å². The van der Waals surface area contributed by atoms with Crippen molar-refractivity contribution in [3.63, 3.8) is 0 Å². The second-order valence-corrected chi connectivity index (χ2v) is 7.70. The predicted octanol–water partition coefficient (Wildman–Crippen LogP) is 3.50. The lowest BCUT2D eigenvalue weighted by atomic mass is 9.93. The molecule has 1 aromatic carbocycles. The molecule has 0 bridgehead atoms. The average molecular weight is 419 g/mol. The molecule has 1 aromatic rings. The third-order valence-corrected chi connectivity index (χ3v) is 5.69. The van der Waals surface area contributed by atoms with Crippen LogP contribution in [0, 0.1) is 23.7 Å². The number of hydrogen-bond donors (Lipinski definition) is 1. The van der Waals surface area contributed by atoms with Crippen LogP contribution < -0.4 is 10.1 Å². The second-order valence-electron chi connectivity index (χ2n) is 7.70. The van der Waals surface area contributed by atoms with Crippen LogP contribution in [0.15, 0.2) is 24.3 Å². The molecular formula is C22H24F3N3O2. The first kappa shape index (κ1) is 22.0. The Morgan fingerprint density at radius 3 is 2.53 bits per heavy atom. The standard InChI is InChI=1S/C22H24F3N3O2/c1-2-17-8-9-18(13-26)28(17)21(29)14-27-16-6-10-19(11-7-16)30-20-5-3-4-15(12-20)22(23,24)25/h1,3-5,12,16-19,27H,6-11,14H2/t16-,17-,18-,19-/m0/s1. The van der Waals surface area contributed by atoms with Gasteiger partial charge in [0, 0.05) is 6.04 Å². The normalized spacial score (nSPS) is 26.6. The minimum atomic E-state index is -4.40. The number of amides is 1. The van der Waals surface area contributed by atoms with Gasteiger partial charge in [0.05, 0.1) is 30.3 Å². The number of benzene rings is 1. The fraction of sp³-hybridized carbons (Fsp3) is 0.545. The highest BCUT2D eigenvalue weighted by atomic mass is 19.4. The van der Waals surface area contributed by atoms with Crippen molar-refractivity contribution >= 4 is 5.91 Å². The summed E-state index contributed by atoms with van der Waals surface area (Å²) in [6.07, 6.45) is 5.01. The van der Waals surface area contributed by atoms with E-state index in [2.05, 4.69) is 17.3 Å². The summed E-state index contributed by atoms with van der Waals surface area (Å²) in [6.45, 7) is 0.111. The number of nitriles is 1. The quantitative estimate of drug-likeness (QED) is 0.742. The number of likely N-dealkylation sites (tertiary alicyclic amines) is 1. The number of nitrogens with one attached hydrogen (secondary N) is 1. The Morgan fingerprint density at radius 1 is 1.20 bits per heavy atom. The van der Waals surface area contributed by atoms with E-state index >= 15 is 0 Å². The molecule has 1 aliphatic heterocycles. The number of ether oxygens (including phenoxy) is 1. The summed E-state index contributed by atoms with van der Waals surface area (Å²) < 4.78 is 44.2. The van der Waals surface area contributed by atoms with Gasteiger partial charge in [-0.25, -0.2) is 0 Å². The van der Waals surface area contributed by atoms with Crippen molar-refractivity contribution in [3.8, 4) is 24.2 Å². The first-order chi connectivity index (χ1) is 14.3. The minimum absolute atomic E-state index is 0.111. The lowest BCUT2D eigenvalue weighted by molar-refractivity contribution is -0.137. The molecule has 8 heteroatoms. The van der Waals surface area contributed by atoms with Crippen molar-refractivity contribution in [2.75, 3.05) is 6.54 Å². The zero-order chi connectivity index (χ0) is 21.7. The van der Waals surface area contributed by atoms with Crippen LogP contribution in [-0.4, -0.2) is 41.6 Å². The van der Waals surface area contributed by atoms with Crippen LogP contribution in [0.4, 0.5) is 13.2 Å². The predicted molar refractivity (Wildman–Crippen MR) is 104 cm³/mol. The maximum Gasteiger partial charge on any atom is 0.416 e. The Morgan fingerprint density at radius 2 is 1.90 bits per heavy atom. The summed E-state index contributed by atoms with van der Waals surface area (Å²) in [5.41, 5.74) is -0.725. The zero-order valence-corrected chi connectivity index (χ0v) is 16.5. The van der Waals surface area contributed by atoms with Crippen LogP contribution >= 0.6 is 0 Å². The largest absolute Gasteiger partial charge is 0.490 e. The van der Waals surface area contributed by atoms with Gasteiger partial charge in [0.25, 0.3) is 0 Å². The summed E-state index contributed by atoms with van der Waals surface area (Å²) in [6, 6.07) is 6.35. The molecule has 1 saturated carbocycles. The Balaban J connectivity index is 1.46. The van der Waals surface area contributed by atoms with Gasteiger partial charge in [-0.1, -0.05) is 12.0 Å². The van der Waals surface area contributed by atoms with Gasteiger partial charge in [-0.3, -0.25) is 4.79 Å². The molecule has 1 N–H and O–H groups in total. The minimum Gasteiger partial charge on any atom is -0.490 e. The molecule has 2 fully saturated rings. The van der Waals surface area contributed by atoms with E-state index < -0.39 is 17.8 Å². The number of nitrogens with zero attached hydrogens (tertiary/aromatic N) is 2. The first-order valence-corrected chi connectivity index (χ1v) is 10.1. The smallest absolute Gasteiger partial charge is 0.416 e. The number of rotatable bonds is 5. The molecule has 0 unspecified atom stereocenters. The molecule has 0 spiro atoms. The van der Waals surface area contributed by atoms with Gasteiger partial charge < -0.3 is 15.0 Å². The highest BCUT2D eigenvalue weighted by molar-refractivity contribution is 5.80. The van der Waals surface area contributed by atoms with E-state index in [1.54, 1.807) is 0 Å². The number of alkyl halides is 3. The van der Waals surface area contributed by atoms with Gasteiger partial charge in [0.1, 0.15) is 11.8 Å². The first-order valence-electron chi connectivity index (χ1n) is 10.1. The monoisotopic (exact) mass is 419 g/mol. The van der Waals surface area contributed by atoms with Gasteiger partial charge in [-0.15, -0.1) is 6.42 Å². The van der Waals surface area contributed by atoms with Crippen LogP contribution in [0.3, 0.4) is 0 Å².